The Morgan fingerprint density at radius 3 is 2.70 bits per heavy atom. The Morgan fingerprint density at radius 2 is 1.95 bits per heavy atom. The Kier molecular flexibility index (Phi) is 3.87. The number of hydrogen-bond acceptors (Lipinski definition) is 1. The summed E-state index contributed by atoms with van der Waals surface area (Å²) in [5, 5.41) is 0. The van der Waals surface area contributed by atoms with Crippen LogP contribution in [0.2, 0.25) is 0 Å². The largest absolute Gasteiger partial charge is 0.330 e. The molecule has 1 aliphatic carbocycles. The number of halogens is 2. The van der Waals surface area contributed by atoms with Crippen LogP contribution in [0.1, 0.15) is 38.5 Å². The second kappa shape index (κ2) is 5.64. The standard InChI is InChI=1S/C15H18F2N2S/c16-11-6-7-12-14(13(11)17)19(15(20)18-12)9-8-10-4-2-1-3-5-10/h6-7,10H,1-5,8-9H2,(H,18,20). The van der Waals surface area contributed by atoms with Crippen LogP contribution in [-0.4, -0.2) is 9.55 Å². The lowest BCUT2D eigenvalue weighted by atomic mass is 9.87. The van der Waals surface area contributed by atoms with Crippen LogP contribution in [0.3, 0.4) is 0 Å². The van der Waals surface area contributed by atoms with Crippen molar-refractivity contribution < 1.29 is 8.78 Å². The lowest BCUT2D eigenvalue weighted by Crippen LogP contribution is -2.10. The summed E-state index contributed by atoms with van der Waals surface area (Å²) in [7, 11) is 0. The van der Waals surface area contributed by atoms with Crippen molar-refractivity contribution >= 4 is 23.3 Å². The molecule has 0 unspecified atom stereocenters. The highest BCUT2D eigenvalue weighted by Gasteiger charge is 2.17. The van der Waals surface area contributed by atoms with E-state index in [1.54, 1.807) is 10.6 Å². The molecule has 1 aromatic heterocycles. The lowest BCUT2D eigenvalue weighted by molar-refractivity contribution is 0.324. The van der Waals surface area contributed by atoms with Gasteiger partial charge in [0.05, 0.1) is 5.52 Å². The fourth-order valence-corrected chi connectivity index (χ4v) is 3.48. The monoisotopic (exact) mass is 296 g/mol. The molecule has 1 N–H and O–H groups in total. The molecule has 3 rings (SSSR count). The van der Waals surface area contributed by atoms with E-state index in [1.165, 1.54) is 32.1 Å². The number of nitrogens with one attached hydrogen (secondary N) is 1. The van der Waals surface area contributed by atoms with Crippen molar-refractivity contribution in [3.63, 3.8) is 0 Å². The quantitative estimate of drug-likeness (QED) is 0.795. The van der Waals surface area contributed by atoms with Crippen LogP contribution in [0.4, 0.5) is 8.78 Å². The zero-order valence-electron chi connectivity index (χ0n) is 11.3. The molecule has 1 aromatic carbocycles. The normalized spacial score (nSPS) is 16.9. The van der Waals surface area contributed by atoms with E-state index in [2.05, 4.69) is 4.98 Å². The third-order valence-corrected chi connectivity index (χ3v) is 4.63. The van der Waals surface area contributed by atoms with Gasteiger partial charge in [0.2, 0.25) is 0 Å². The van der Waals surface area contributed by atoms with Crippen molar-refractivity contribution in [3.8, 4) is 0 Å². The molecule has 0 bridgehead atoms. The van der Waals surface area contributed by atoms with E-state index in [-0.39, 0.29) is 5.52 Å². The fourth-order valence-electron chi connectivity index (χ4n) is 3.19. The van der Waals surface area contributed by atoms with Crippen LogP contribution in [0.15, 0.2) is 12.1 Å². The molecule has 1 aliphatic rings. The van der Waals surface area contributed by atoms with Crippen LogP contribution in [-0.2, 0) is 6.54 Å². The van der Waals surface area contributed by atoms with Crippen molar-refractivity contribution in [1.82, 2.24) is 9.55 Å². The van der Waals surface area contributed by atoms with E-state index in [9.17, 15) is 8.78 Å². The van der Waals surface area contributed by atoms with E-state index in [0.29, 0.717) is 22.8 Å². The SMILES string of the molecule is Fc1ccc2[nH]c(=S)n(CCC3CCCCC3)c2c1F. The number of hydrogen-bond donors (Lipinski definition) is 1. The van der Waals surface area contributed by atoms with E-state index in [4.69, 9.17) is 12.2 Å². The zero-order valence-corrected chi connectivity index (χ0v) is 12.1. The third kappa shape index (κ3) is 2.51. The van der Waals surface area contributed by atoms with Gasteiger partial charge in [-0.15, -0.1) is 0 Å². The van der Waals surface area contributed by atoms with E-state index >= 15 is 0 Å². The zero-order chi connectivity index (χ0) is 14.1. The first kappa shape index (κ1) is 13.7. The molecule has 0 radical (unpaired) electrons. The minimum Gasteiger partial charge on any atom is -0.330 e. The Balaban J connectivity index is 1.88. The second-order valence-electron chi connectivity index (χ2n) is 5.63. The Labute approximate surface area is 121 Å². The van der Waals surface area contributed by atoms with Gasteiger partial charge in [-0.05, 0) is 36.7 Å². The molecule has 2 nitrogen and oxygen atoms in total. The first-order valence-corrected chi connectivity index (χ1v) is 7.64. The molecule has 1 fully saturated rings. The van der Waals surface area contributed by atoms with Crippen LogP contribution in [0.5, 0.6) is 0 Å². The van der Waals surface area contributed by atoms with Gasteiger partial charge < -0.3 is 9.55 Å². The Morgan fingerprint density at radius 1 is 1.20 bits per heavy atom. The van der Waals surface area contributed by atoms with Crippen LogP contribution >= 0.6 is 12.2 Å². The van der Waals surface area contributed by atoms with Crippen LogP contribution < -0.4 is 0 Å². The highest BCUT2D eigenvalue weighted by atomic mass is 32.1. The minimum atomic E-state index is -0.821. The fraction of sp³-hybridized carbons (Fsp3) is 0.533. The molecule has 1 heterocycles. The molecule has 108 valence electrons. The summed E-state index contributed by atoms with van der Waals surface area (Å²) in [5.41, 5.74) is 0.836. The summed E-state index contributed by atoms with van der Waals surface area (Å²) in [5.74, 6) is -0.941. The summed E-state index contributed by atoms with van der Waals surface area (Å²) in [6, 6.07) is 2.68. The summed E-state index contributed by atoms with van der Waals surface area (Å²) in [4.78, 5) is 2.95. The van der Waals surface area contributed by atoms with Crippen molar-refractivity contribution in [2.45, 2.75) is 45.1 Å². The number of aryl methyl sites for hydroxylation is 1. The average Bonchev–Trinajstić information content (AvgIpc) is 2.78. The molecular formula is C15H18F2N2S. The smallest absolute Gasteiger partial charge is 0.184 e. The van der Waals surface area contributed by atoms with Crippen LogP contribution in [0, 0.1) is 22.3 Å². The van der Waals surface area contributed by atoms with Gasteiger partial charge in [-0.1, -0.05) is 32.1 Å². The summed E-state index contributed by atoms with van der Waals surface area (Å²) in [6.07, 6.45) is 7.36. The minimum absolute atomic E-state index is 0.269. The highest BCUT2D eigenvalue weighted by Crippen LogP contribution is 2.28. The number of aromatic nitrogens is 2. The number of aromatic amines is 1. The molecule has 2 aromatic rings. The lowest BCUT2D eigenvalue weighted by Gasteiger charge is -2.21. The number of rotatable bonds is 3. The van der Waals surface area contributed by atoms with Crippen molar-refractivity contribution in [1.29, 1.82) is 0 Å². The van der Waals surface area contributed by atoms with Crippen molar-refractivity contribution in [3.05, 3.63) is 28.5 Å². The third-order valence-electron chi connectivity index (χ3n) is 4.31. The number of nitrogens with zero attached hydrogens (tertiary/aromatic N) is 1. The van der Waals surface area contributed by atoms with Gasteiger partial charge in [0.1, 0.15) is 5.52 Å². The van der Waals surface area contributed by atoms with Gasteiger partial charge in [-0.2, -0.15) is 0 Å². The molecule has 0 amide bonds. The molecule has 0 aliphatic heterocycles. The molecule has 5 heteroatoms. The van der Waals surface area contributed by atoms with Gasteiger partial charge in [-0.3, -0.25) is 0 Å². The maximum Gasteiger partial charge on any atom is 0.184 e. The molecule has 1 saturated carbocycles. The van der Waals surface area contributed by atoms with Crippen molar-refractivity contribution in [2.75, 3.05) is 0 Å². The first-order valence-electron chi connectivity index (χ1n) is 7.23. The molecule has 20 heavy (non-hydrogen) atoms. The second-order valence-corrected chi connectivity index (χ2v) is 6.02. The Hall–Kier alpha value is -1.23. The number of benzene rings is 1. The summed E-state index contributed by atoms with van der Waals surface area (Å²) >= 11 is 5.24. The average molecular weight is 296 g/mol. The van der Waals surface area contributed by atoms with Gasteiger partial charge >= 0.3 is 0 Å². The predicted molar refractivity (Wildman–Crippen MR) is 78.2 cm³/mol. The van der Waals surface area contributed by atoms with E-state index in [1.807, 2.05) is 0 Å². The summed E-state index contributed by atoms with van der Waals surface area (Å²) < 4.78 is 29.6. The Bertz CT molecular complexity index is 668. The van der Waals surface area contributed by atoms with Gasteiger partial charge in [0, 0.05) is 6.54 Å². The maximum atomic E-state index is 14.0. The first-order chi connectivity index (χ1) is 9.66. The number of fused-ring (bicyclic) bond motifs is 1. The molecular weight excluding hydrogens is 278 g/mol. The van der Waals surface area contributed by atoms with Gasteiger partial charge in [-0.25, -0.2) is 8.78 Å². The predicted octanol–water partition coefficient (Wildman–Crippen LogP) is 4.95. The summed E-state index contributed by atoms with van der Waals surface area (Å²) in [6.45, 7) is 0.657. The van der Waals surface area contributed by atoms with E-state index < -0.39 is 11.6 Å². The molecule has 0 atom stereocenters. The number of H-pyrrole nitrogens is 1. The van der Waals surface area contributed by atoms with Gasteiger partial charge in [0.15, 0.2) is 16.4 Å². The molecule has 0 saturated heterocycles. The highest BCUT2D eigenvalue weighted by molar-refractivity contribution is 7.71. The topological polar surface area (TPSA) is 20.7 Å². The van der Waals surface area contributed by atoms with Crippen LogP contribution in [0.25, 0.3) is 11.0 Å². The molecule has 0 spiro atoms. The van der Waals surface area contributed by atoms with Crippen molar-refractivity contribution in [2.24, 2.45) is 5.92 Å². The number of imidazole rings is 1. The van der Waals surface area contributed by atoms with Gasteiger partial charge in [0.25, 0.3) is 0 Å². The van der Waals surface area contributed by atoms with E-state index in [0.717, 1.165) is 12.5 Å². The maximum absolute atomic E-state index is 14.0.